The Kier molecular flexibility index (Phi) is 3.13. The second-order valence-electron chi connectivity index (χ2n) is 5.90. The predicted molar refractivity (Wildman–Crippen MR) is 95.5 cm³/mol. The summed E-state index contributed by atoms with van der Waals surface area (Å²) in [6, 6.07) is 15.6. The lowest BCUT2D eigenvalue weighted by Crippen LogP contribution is -2.02. The molecule has 4 aromatic rings. The molecular weight excluding hydrogens is 300 g/mol. The van der Waals surface area contributed by atoms with Crippen LogP contribution in [-0.4, -0.2) is 20.9 Å². The van der Waals surface area contributed by atoms with Crippen LogP contribution >= 0.6 is 0 Å². The van der Waals surface area contributed by atoms with E-state index in [1.807, 2.05) is 60.9 Å². The molecule has 0 fully saturated rings. The molecule has 118 valence electrons. The minimum Gasteiger partial charge on any atom is -0.287 e. The Labute approximate surface area is 138 Å². The van der Waals surface area contributed by atoms with Gasteiger partial charge in [-0.2, -0.15) is 0 Å². The first kappa shape index (κ1) is 14.5. The first-order valence-corrected chi connectivity index (χ1v) is 7.80. The Bertz CT molecular complexity index is 1030. The van der Waals surface area contributed by atoms with E-state index in [4.69, 9.17) is 0 Å². The number of aromatic nitrogens is 2. The van der Waals surface area contributed by atoms with E-state index < -0.39 is 0 Å². The number of para-hydroxylation sites is 2. The minimum atomic E-state index is -0.0345. The highest BCUT2D eigenvalue weighted by atomic mass is 16.2. The molecule has 4 heteroatoms. The van der Waals surface area contributed by atoms with Gasteiger partial charge in [-0.25, -0.2) is 0 Å². The fourth-order valence-corrected chi connectivity index (χ4v) is 3.31. The molecule has 4 rings (SSSR count). The van der Waals surface area contributed by atoms with Gasteiger partial charge in [-0.3, -0.25) is 18.7 Å². The lowest BCUT2D eigenvalue weighted by atomic mass is 10.0. The summed E-state index contributed by atoms with van der Waals surface area (Å²) in [4.78, 5) is 24.0. The molecule has 0 N–H and O–H groups in total. The molecule has 2 aromatic carbocycles. The predicted octanol–water partition coefficient (Wildman–Crippen LogP) is 4.58. The number of carbonyl (C=O) groups excluding carboxylic acids is 2. The van der Waals surface area contributed by atoms with Crippen molar-refractivity contribution in [3.63, 3.8) is 0 Å². The van der Waals surface area contributed by atoms with E-state index in [0.29, 0.717) is 0 Å². The molecule has 24 heavy (non-hydrogen) atoms. The summed E-state index contributed by atoms with van der Waals surface area (Å²) in [6.07, 6.45) is 3.72. The summed E-state index contributed by atoms with van der Waals surface area (Å²) in [5, 5.41) is 2.00. The number of rotatable bonds is 1. The Balaban J connectivity index is 2.11. The van der Waals surface area contributed by atoms with E-state index in [-0.39, 0.29) is 11.8 Å². The second kappa shape index (κ2) is 5.20. The van der Waals surface area contributed by atoms with Crippen LogP contribution in [-0.2, 0) is 0 Å². The first-order chi connectivity index (χ1) is 11.6. The van der Waals surface area contributed by atoms with Crippen molar-refractivity contribution < 1.29 is 9.59 Å². The van der Waals surface area contributed by atoms with Crippen molar-refractivity contribution in [2.24, 2.45) is 0 Å². The van der Waals surface area contributed by atoms with E-state index in [0.717, 1.165) is 32.9 Å². The van der Waals surface area contributed by atoms with Crippen molar-refractivity contribution in [2.75, 3.05) is 0 Å². The molecule has 0 aliphatic carbocycles. The van der Waals surface area contributed by atoms with Crippen LogP contribution in [0.3, 0.4) is 0 Å². The second-order valence-corrected chi connectivity index (χ2v) is 5.90. The van der Waals surface area contributed by atoms with E-state index >= 15 is 0 Å². The molecule has 0 aliphatic rings. The topological polar surface area (TPSA) is 44.0 Å². The van der Waals surface area contributed by atoms with Gasteiger partial charge in [0.1, 0.15) is 0 Å². The van der Waals surface area contributed by atoms with Crippen molar-refractivity contribution in [3.8, 4) is 11.1 Å². The molecule has 0 unspecified atom stereocenters. The van der Waals surface area contributed by atoms with Gasteiger partial charge in [0.15, 0.2) is 0 Å². The highest BCUT2D eigenvalue weighted by Crippen LogP contribution is 2.36. The van der Waals surface area contributed by atoms with E-state index in [9.17, 15) is 9.59 Å². The Hall–Kier alpha value is -3.14. The molecule has 0 spiro atoms. The van der Waals surface area contributed by atoms with E-state index in [1.165, 1.54) is 0 Å². The molecule has 0 radical (unpaired) electrons. The number of fused-ring (bicyclic) bond motifs is 2. The number of hydrogen-bond acceptors (Lipinski definition) is 2. The van der Waals surface area contributed by atoms with Crippen molar-refractivity contribution in [3.05, 3.63) is 60.9 Å². The SMILES string of the molecule is CC(=O)n1cc(-c2cn(C(C)=O)c3ccccc23)c2ccccc21. The minimum absolute atomic E-state index is 0.0345. The lowest BCUT2D eigenvalue weighted by molar-refractivity contribution is 0.0932. The van der Waals surface area contributed by atoms with E-state index in [1.54, 1.807) is 23.0 Å². The van der Waals surface area contributed by atoms with Crippen LogP contribution in [0.25, 0.3) is 32.9 Å². The maximum atomic E-state index is 12.0. The van der Waals surface area contributed by atoms with Gasteiger partial charge >= 0.3 is 0 Å². The van der Waals surface area contributed by atoms with Gasteiger partial charge in [0, 0.05) is 48.1 Å². The van der Waals surface area contributed by atoms with Crippen LogP contribution in [0, 0.1) is 0 Å². The summed E-state index contributed by atoms with van der Waals surface area (Å²) in [6.45, 7) is 3.10. The van der Waals surface area contributed by atoms with Gasteiger partial charge < -0.3 is 0 Å². The molecule has 0 bridgehead atoms. The van der Waals surface area contributed by atoms with Gasteiger partial charge in [-0.05, 0) is 12.1 Å². The first-order valence-electron chi connectivity index (χ1n) is 7.80. The maximum Gasteiger partial charge on any atom is 0.227 e. The normalized spacial score (nSPS) is 11.2. The van der Waals surface area contributed by atoms with Crippen LogP contribution in [0.1, 0.15) is 23.4 Å². The molecule has 0 saturated carbocycles. The van der Waals surface area contributed by atoms with Crippen molar-refractivity contribution in [2.45, 2.75) is 13.8 Å². The number of benzene rings is 2. The Morgan fingerprint density at radius 3 is 1.42 bits per heavy atom. The lowest BCUT2D eigenvalue weighted by Gasteiger charge is -1.97. The zero-order chi connectivity index (χ0) is 16.8. The van der Waals surface area contributed by atoms with Crippen molar-refractivity contribution in [1.29, 1.82) is 0 Å². The van der Waals surface area contributed by atoms with Crippen LogP contribution in [0.2, 0.25) is 0 Å². The fourth-order valence-electron chi connectivity index (χ4n) is 3.31. The number of carbonyl (C=O) groups is 2. The number of nitrogens with zero attached hydrogens (tertiary/aromatic N) is 2. The maximum absolute atomic E-state index is 12.0. The van der Waals surface area contributed by atoms with Crippen LogP contribution in [0.5, 0.6) is 0 Å². The van der Waals surface area contributed by atoms with Crippen molar-refractivity contribution in [1.82, 2.24) is 9.13 Å². The quantitative estimate of drug-likeness (QED) is 0.516. The Morgan fingerprint density at radius 1 is 0.667 bits per heavy atom. The summed E-state index contributed by atoms with van der Waals surface area (Å²) in [7, 11) is 0. The molecule has 0 saturated heterocycles. The molecule has 4 nitrogen and oxygen atoms in total. The van der Waals surface area contributed by atoms with Gasteiger partial charge in [-0.15, -0.1) is 0 Å². The summed E-state index contributed by atoms with van der Waals surface area (Å²) in [5.74, 6) is -0.0690. The third-order valence-electron chi connectivity index (χ3n) is 4.39. The number of hydrogen-bond donors (Lipinski definition) is 0. The average Bonchev–Trinajstić information content (AvgIpc) is 3.13. The third-order valence-corrected chi connectivity index (χ3v) is 4.39. The summed E-state index contributed by atoms with van der Waals surface area (Å²) in [5.41, 5.74) is 3.66. The average molecular weight is 316 g/mol. The van der Waals surface area contributed by atoms with Gasteiger partial charge in [0.25, 0.3) is 0 Å². The summed E-state index contributed by atoms with van der Waals surface area (Å²) >= 11 is 0. The van der Waals surface area contributed by atoms with E-state index in [2.05, 4.69) is 0 Å². The Morgan fingerprint density at radius 2 is 1.04 bits per heavy atom. The molecular formula is C20H16N2O2. The molecule has 0 aliphatic heterocycles. The van der Waals surface area contributed by atoms with Gasteiger partial charge in [-0.1, -0.05) is 36.4 Å². The summed E-state index contributed by atoms with van der Waals surface area (Å²) < 4.78 is 3.31. The largest absolute Gasteiger partial charge is 0.287 e. The van der Waals surface area contributed by atoms with Crippen molar-refractivity contribution >= 4 is 33.6 Å². The van der Waals surface area contributed by atoms with Crippen LogP contribution in [0.15, 0.2) is 60.9 Å². The monoisotopic (exact) mass is 316 g/mol. The zero-order valence-electron chi connectivity index (χ0n) is 13.5. The standard InChI is InChI=1S/C20H16N2O2/c1-13(23)21-11-17(15-7-3-5-9-19(15)21)18-12-22(14(2)24)20-10-6-4-8-16(18)20/h3-12H,1-2H3. The zero-order valence-corrected chi connectivity index (χ0v) is 13.5. The third kappa shape index (κ3) is 2.00. The van der Waals surface area contributed by atoms with Crippen LogP contribution in [0.4, 0.5) is 0 Å². The fraction of sp³-hybridized carbons (Fsp3) is 0.100. The molecule has 2 aromatic heterocycles. The smallest absolute Gasteiger partial charge is 0.227 e. The molecule has 0 amide bonds. The highest BCUT2D eigenvalue weighted by Gasteiger charge is 2.17. The molecule has 2 heterocycles. The van der Waals surface area contributed by atoms with Gasteiger partial charge in [0.2, 0.25) is 11.8 Å². The molecule has 0 atom stereocenters. The highest BCUT2D eigenvalue weighted by molar-refractivity contribution is 6.09. The van der Waals surface area contributed by atoms with Gasteiger partial charge in [0.05, 0.1) is 11.0 Å². The van der Waals surface area contributed by atoms with Crippen LogP contribution < -0.4 is 0 Å².